The quantitative estimate of drug-likeness (QED) is 0.831. The number of nitrogen functional groups attached to an aromatic ring is 2. The van der Waals surface area contributed by atoms with E-state index in [1.54, 1.807) is 0 Å². The number of benzene rings is 1. The predicted octanol–water partition coefficient (Wildman–Crippen LogP) is 3.76. The van der Waals surface area contributed by atoms with Crippen LogP contribution in [0.25, 0.3) is 5.73 Å². The zero-order chi connectivity index (χ0) is 15.7. The van der Waals surface area contributed by atoms with Gasteiger partial charge >= 0.3 is 0 Å². The van der Waals surface area contributed by atoms with Gasteiger partial charge in [0.1, 0.15) is 22.9 Å². The third-order valence-electron chi connectivity index (χ3n) is 4.94. The standard InChI is InChI=1S/C17H26N3O2/c1-10-2-4-11(5-3-10)9-21-13-8-12-6-7-14(18)22-17(12)16(20)15(13)19/h8,10-11,14,18H,2-7,9,19-20H2,1H3/q-1. The van der Waals surface area contributed by atoms with Crippen molar-refractivity contribution < 1.29 is 9.47 Å². The van der Waals surface area contributed by atoms with E-state index >= 15 is 0 Å². The zero-order valence-electron chi connectivity index (χ0n) is 13.2. The minimum absolute atomic E-state index is 0.418. The lowest BCUT2D eigenvalue weighted by Gasteiger charge is -2.31. The van der Waals surface area contributed by atoms with Crippen molar-refractivity contribution in [2.45, 2.75) is 51.7 Å². The molecule has 0 radical (unpaired) electrons. The van der Waals surface area contributed by atoms with Crippen LogP contribution in [-0.4, -0.2) is 12.8 Å². The van der Waals surface area contributed by atoms with Gasteiger partial charge in [-0.3, -0.25) is 0 Å². The number of hydrogen-bond acceptors (Lipinski definition) is 4. The Bertz CT molecular complexity index is 539. The van der Waals surface area contributed by atoms with Gasteiger partial charge in [0, 0.05) is 11.8 Å². The summed E-state index contributed by atoms with van der Waals surface area (Å²) in [5.74, 6) is 2.70. The molecule has 0 spiro atoms. The van der Waals surface area contributed by atoms with Crippen LogP contribution in [-0.2, 0) is 6.42 Å². The van der Waals surface area contributed by atoms with Crippen LogP contribution in [0.2, 0.25) is 0 Å². The van der Waals surface area contributed by atoms with Gasteiger partial charge in [-0.2, -0.15) is 0 Å². The Morgan fingerprint density at radius 2 is 1.91 bits per heavy atom. The fourth-order valence-corrected chi connectivity index (χ4v) is 3.37. The fraction of sp³-hybridized carbons (Fsp3) is 0.647. The summed E-state index contributed by atoms with van der Waals surface area (Å²) in [5.41, 5.74) is 21.7. The van der Waals surface area contributed by atoms with Crippen molar-refractivity contribution in [3.63, 3.8) is 0 Å². The molecule has 0 saturated heterocycles. The Labute approximate surface area is 132 Å². The second-order valence-corrected chi connectivity index (χ2v) is 6.77. The third-order valence-corrected chi connectivity index (χ3v) is 4.94. The average molecular weight is 304 g/mol. The first-order valence-electron chi connectivity index (χ1n) is 8.26. The normalized spacial score (nSPS) is 27.8. The molecule has 1 saturated carbocycles. The first-order chi connectivity index (χ1) is 10.5. The average Bonchev–Trinajstić information content (AvgIpc) is 2.52. The first-order valence-corrected chi connectivity index (χ1v) is 8.26. The number of hydrogen-bond donors (Lipinski definition) is 2. The second kappa shape index (κ2) is 6.24. The Kier molecular flexibility index (Phi) is 4.34. The minimum atomic E-state index is -0.551. The van der Waals surface area contributed by atoms with Gasteiger partial charge in [-0.05, 0) is 43.6 Å². The van der Waals surface area contributed by atoms with E-state index in [0.29, 0.717) is 41.8 Å². The molecule has 5 nitrogen and oxygen atoms in total. The maximum atomic E-state index is 7.70. The molecule has 1 fully saturated rings. The molecule has 1 heterocycles. The minimum Gasteiger partial charge on any atom is -0.641 e. The van der Waals surface area contributed by atoms with E-state index in [9.17, 15) is 0 Å². The van der Waals surface area contributed by atoms with Gasteiger partial charge in [0.15, 0.2) is 0 Å². The molecule has 1 unspecified atom stereocenters. The summed E-state index contributed by atoms with van der Waals surface area (Å²) in [6, 6.07) is 1.94. The van der Waals surface area contributed by atoms with Gasteiger partial charge in [-0.1, -0.05) is 19.8 Å². The molecule has 0 amide bonds. The van der Waals surface area contributed by atoms with Gasteiger partial charge < -0.3 is 26.7 Å². The highest BCUT2D eigenvalue weighted by atomic mass is 16.5. The topological polar surface area (TPSA) is 94.3 Å². The van der Waals surface area contributed by atoms with Crippen LogP contribution in [0.5, 0.6) is 11.5 Å². The molecular weight excluding hydrogens is 278 g/mol. The van der Waals surface area contributed by atoms with Crippen molar-refractivity contribution in [1.82, 2.24) is 0 Å². The highest BCUT2D eigenvalue weighted by Crippen LogP contribution is 2.43. The van der Waals surface area contributed by atoms with E-state index < -0.39 is 6.23 Å². The molecule has 1 aliphatic carbocycles. The molecule has 5 N–H and O–H groups in total. The molecular formula is C17H26N3O2-. The van der Waals surface area contributed by atoms with Crippen LogP contribution in [0.15, 0.2) is 6.07 Å². The lowest BCUT2D eigenvalue weighted by Crippen LogP contribution is -2.21. The smallest absolute Gasteiger partial charge is 0.145 e. The molecule has 22 heavy (non-hydrogen) atoms. The van der Waals surface area contributed by atoms with Crippen LogP contribution >= 0.6 is 0 Å². The largest absolute Gasteiger partial charge is 0.641 e. The molecule has 3 rings (SSSR count). The lowest BCUT2D eigenvalue weighted by molar-refractivity contribution is 0.187. The van der Waals surface area contributed by atoms with E-state index in [1.807, 2.05) is 6.07 Å². The van der Waals surface area contributed by atoms with Gasteiger partial charge in [-0.25, -0.2) is 0 Å². The molecule has 1 aromatic carbocycles. The molecule has 5 heteroatoms. The SMILES string of the molecule is CC1CCC(COc2cc3c(c(N)c2N)OC([NH-])CC3)CC1. The predicted molar refractivity (Wildman–Crippen MR) is 88.9 cm³/mol. The highest BCUT2D eigenvalue weighted by Gasteiger charge is 2.22. The monoisotopic (exact) mass is 304 g/mol. The maximum Gasteiger partial charge on any atom is 0.145 e. The first kappa shape index (κ1) is 15.3. The summed E-state index contributed by atoms with van der Waals surface area (Å²) < 4.78 is 11.5. The molecule has 1 atom stereocenters. The van der Waals surface area contributed by atoms with Crippen LogP contribution in [0.1, 0.15) is 44.6 Å². The molecule has 0 aromatic heterocycles. The summed E-state index contributed by atoms with van der Waals surface area (Å²) in [4.78, 5) is 0. The number of fused-ring (bicyclic) bond motifs is 1. The van der Waals surface area contributed by atoms with Crippen molar-refractivity contribution in [2.24, 2.45) is 11.8 Å². The summed E-state index contributed by atoms with van der Waals surface area (Å²) in [7, 11) is 0. The molecule has 2 aliphatic rings. The van der Waals surface area contributed by atoms with E-state index in [-0.39, 0.29) is 0 Å². The molecule has 1 aromatic rings. The number of nitrogens with one attached hydrogen (secondary N) is 1. The number of rotatable bonds is 3. The van der Waals surface area contributed by atoms with Gasteiger partial charge in [-0.15, -0.1) is 0 Å². The van der Waals surface area contributed by atoms with Crippen LogP contribution in [0, 0.1) is 11.8 Å². The van der Waals surface area contributed by atoms with Gasteiger partial charge in [0.2, 0.25) is 0 Å². The fourth-order valence-electron chi connectivity index (χ4n) is 3.37. The number of anilines is 2. The van der Waals surface area contributed by atoms with Crippen LogP contribution in [0.3, 0.4) is 0 Å². The Morgan fingerprint density at radius 3 is 2.64 bits per heavy atom. The van der Waals surface area contributed by atoms with E-state index in [0.717, 1.165) is 17.9 Å². The summed E-state index contributed by atoms with van der Waals surface area (Å²) in [6.45, 7) is 3.02. The van der Waals surface area contributed by atoms with Crippen molar-refractivity contribution >= 4 is 11.4 Å². The maximum absolute atomic E-state index is 7.70. The van der Waals surface area contributed by atoms with Crippen molar-refractivity contribution in [3.05, 3.63) is 17.4 Å². The van der Waals surface area contributed by atoms with E-state index in [2.05, 4.69) is 6.92 Å². The van der Waals surface area contributed by atoms with Crippen LogP contribution < -0.4 is 20.9 Å². The van der Waals surface area contributed by atoms with Gasteiger partial charge in [0.05, 0.1) is 6.61 Å². The van der Waals surface area contributed by atoms with Crippen molar-refractivity contribution in [2.75, 3.05) is 18.1 Å². The van der Waals surface area contributed by atoms with E-state index in [1.165, 1.54) is 25.7 Å². The highest BCUT2D eigenvalue weighted by molar-refractivity contribution is 5.79. The lowest BCUT2D eigenvalue weighted by atomic mass is 9.83. The Hall–Kier alpha value is -1.62. The third kappa shape index (κ3) is 3.09. The second-order valence-electron chi connectivity index (χ2n) is 6.77. The number of nitrogens with two attached hydrogens (primary N) is 2. The van der Waals surface area contributed by atoms with Crippen molar-refractivity contribution in [1.29, 1.82) is 0 Å². The summed E-state index contributed by atoms with van der Waals surface area (Å²) in [6.07, 6.45) is 5.94. The van der Waals surface area contributed by atoms with Gasteiger partial charge in [0.25, 0.3) is 0 Å². The molecule has 0 bridgehead atoms. The Morgan fingerprint density at radius 1 is 1.18 bits per heavy atom. The van der Waals surface area contributed by atoms with E-state index in [4.69, 9.17) is 26.7 Å². The molecule has 1 aliphatic heterocycles. The Balaban J connectivity index is 1.70. The van der Waals surface area contributed by atoms with Crippen molar-refractivity contribution in [3.8, 4) is 11.5 Å². The molecule has 122 valence electrons. The number of ether oxygens (including phenoxy) is 2. The van der Waals surface area contributed by atoms with Crippen LogP contribution in [0.4, 0.5) is 11.4 Å². The zero-order valence-corrected chi connectivity index (χ0v) is 13.2. The summed E-state index contributed by atoms with van der Waals surface area (Å²) in [5, 5.41) is 0. The summed E-state index contributed by atoms with van der Waals surface area (Å²) >= 11 is 0. The number of aryl methyl sites for hydroxylation is 1.